The van der Waals surface area contributed by atoms with E-state index >= 15 is 0 Å². The van der Waals surface area contributed by atoms with E-state index in [-0.39, 0.29) is 6.04 Å². The predicted molar refractivity (Wildman–Crippen MR) is 85.2 cm³/mol. The summed E-state index contributed by atoms with van der Waals surface area (Å²) in [5.41, 5.74) is 3.41. The lowest BCUT2D eigenvalue weighted by molar-refractivity contribution is 0.400. The van der Waals surface area contributed by atoms with E-state index < -0.39 is 0 Å². The maximum atomic E-state index is 5.50. The molecule has 2 rings (SSSR count). The monoisotopic (exact) mass is 334 g/mol. The molecule has 0 saturated heterocycles. The molecule has 0 fully saturated rings. The van der Waals surface area contributed by atoms with Crippen LogP contribution in [-0.2, 0) is 6.42 Å². The Labute approximate surface area is 128 Å². The number of hydrogen-bond donors (Lipinski definition) is 1. The van der Waals surface area contributed by atoms with E-state index in [1.54, 1.807) is 7.11 Å². The molecule has 1 aromatic heterocycles. The second kappa shape index (κ2) is 6.86. The van der Waals surface area contributed by atoms with E-state index in [1.807, 2.05) is 25.4 Å². The highest BCUT2D eigenvalue weighted by Gasteiger charge is 2.15. The van der Waals surface area contributed by atoms with Crippen molar-refractivity contribution in [3.05, 3.63) is 57.8 Å². The first kappa shape index (κ1) is 15.0. The predicted octanol–water partition coefficient (Wildman–Crippen LogP) is 3.66. The van der Waals surface area contributed by atoms with Crippen LogP contribution in [0.2, 0.25) is 0 Å². The third kappa shape index (κ3) is 3.58. The molecule has 0 amide bonds. The van der Waals surface area contributed by atoms with Crippen LogP contribution >= 0.6 is 15.9 Å². The van der Waals surface area contributed by atoms with Gasteiger partial charge in [0.1, 0.15) is 5.75 Å². The number of pyridine rings is 1. The van der Waals surface area contributed by atoms with Crippen LogP contribution in [-0.4, -0.2) is 19.1 Å². The van der Waals surface area contributed by atoms with Crippen molar-refractivity contribution in [2.24, 2.45) is 0 Å². The Morgan fingerprint density at radius 2 is 2.10 bits per heavy atom. The summed E-state index contributed by atoms with van der Waals surface area (Å²) in [5, 5.41) is 3.34. The highest BCUT2D eigenvalue weighted by atomic mass is 79.9. The molecular formula is C16H19BrN2O. The minimum atomic E-state index is 0.180. The fraction of sp³-hybridized carbons (Fsp3) is 0.312. The fourth-order valence-electron chi connectivity index (χ4n) is 2.21. The molecule has 20 heavy (non-hydrogen) atoms. The van der Waals surface area contributed by atoms with E-state index in [9.17, 15) is 0 Å². The number of rotatable bonds is 5. The van der Waals surface area contributed by atoms with Gasteiger partial charge in [-0.1, -0.05) is 12.1 Å². The molecule has 0 spiro atoms. The first-order valence-corrected chi connectivity index (χ1v) is 7.35. The van der Waals surface area contributed by atoms with Gasteiger partial charge in [-0.15, -0.1) is 0 Å². The number of aromatic nitrogens is 1. The summed E-state index contributed by atoms with van der Waals surface area (Å²) in [5.74, 6) is 0.918. The smallest absolute Gasteiger partial charge is 0.123 e. The van der Waals surface area contributed by atoms with Crippen LogP contribution in [0.15, 0.2) is 41.0 Å². The fourth-order valence-corrected chi connectivity index (χ4v) is 2.44. The third-order valence-corrected chi connectivity index (χ3v) is 3.78. The average molecular weight is 335 g/mol. The molecule has 1 aromatic carbocycles. The van der Waals surface area contributed by atoms with Crippen molar-refractivity contribution in [3.63, 3.8) is 0 Å². The van der Waals surface area contributed by atoms with Crippen molar-refractivity contribution in [2.45, 2.75) is 19.4 Å². The zero-order chi connectivity index (χ0) is 14.5. The topological polar surface area (TPSA) is 34.2 Å². The molecule has 1 heterocycles. The second-order valence-electron chi connectivity index (χ2n) is 4.76. The molecular weight excluding hydrogens is 316 g/mol. The van der Waals surface area contributed by atoms with E-state index in [2.05, 4.69) is 51.4 Å². The van der Waals surface area contributed by atoms with E-state index in [1.165, 1.54) is 5.56 Å². The lowest BCUT2D eigenvalue weighted by Gasteiger charge is -2.19. The molecule has 0 aliphatic heterocycles. The van der Waals surface area contributed by atoms with Crippen LogP contribution in [0.25, 0.3) is 0 Å². The summed E-state index contributed by atoms with van der Waals surface area (Å²) in [6, 6.07) is 10.5. The van der Waals surface area contributed by atoms with Gasteiger partial charge < -0.3 is 10.1 Å². The van der Waals surface area contributed by atoms with Crippen LogP contribution in [0.5, 0.6) is 5.75 Å². The highest BCUT2D eigenvalue weighted by molar-refractivity contribution is 9.10. The molecule has 4 heteroatoms. The van der Waals surface area contributed by atoms with Crippen molar-refractivity contribution in [1.82, 2.24) is 10.3 Å². The molecule has 2 aromatic rings. The van der Waals surface area contributed by atoms with Gasteiger partial charge in [-0.2, -0.15) is 0 Å². The molecule has 1 unspecified atom stereocenters. The summed E-state index contributed by atoms with van der Waals surface area (Å²) < 4.78 is 6.49. The lowest BCUT2D eigenvalue weighted by Crippen LogP contribution is -2.20. The van der Waals surface area contributed by atoms with Crippen molar-refractivity contribution in [1.29, 1.82) is 0 Å². The van der Waals surface area contributed by atoms with Gasteiger partial charge in [0.25, 0.3) is 0 Å². The Kier molecular flexibility index (Phi) is 5.15. The van der Waals surface area contributed by atoms with Gasteiger partial charge in [-0.05, 0) is 53.7 Å². The molecule has 0 aliphatic carbocycles. The number of ether oxygens (including phenoxy) is 1. The summed E-state index contributed by atoms with van der Waals surface area (Å²) in [4.78, 5) is 4.44. The Bertz CT molecular complexity index is 569. The number of hydrogen-bond acceptors (Lipinski definition) is 3. The van der Waals surface area contributed by atoms with Crippen molar-refractivity contribution < 1.29 is 4.74 Å². The van der Waals surface area contributed by atoms with Gasteiger partial charge in [-0.3, -0.25) is 4.98 Å². The Morgan fingerprint density at radius 1 is 1.30 bits per heavy atom. The summed E-state index contributed by atoms with van der Waals surface area (Å²) in [6.45, 7) is 2.07. The lowest BCUT2D eigenvalue weighted by atomic mass is 9.99. The standard InChI is InChI=1S/C16H19BrN2O/c1-11-4-7-14(16(8-11)20-3)15(18-2)9-13-6-5-12(17)10-19-13/h4-8,10,15,18H,9H2,1-3H3. The summed E-state index contributed by atoms with van der Waals surface area (Å²) >= 11 is 3.41. The van der Waals surface area contributed by atoms with E-state index in [0.717, 1.165) is 27.9 Å². The van der Waals surface area contributed by atoms with Crippen molar-refractivity contribution in [2.75, 3.05) is 14.2 Å². The Morgan fingerprint density at radius 3 is 2.70 bits per heavy atom. The van der Waals surface area contributed by atoms with Crippen LogP contribution in [0, 0.1) is 6.92 Å². The normalized spacial score (nSPS) is 12.2. The number of likely N-dealkylation sites (N-methyl/N-ethyl adjacent to an activating group) is 1. The minimum absolute atomic E-state index is 0.180. The minimum Gasteiger partial charge on any atom is -0.496 e. The molecule has 1 N–H and O–H groups in total. The number of benzene rings is 1. The van der Waals surface area contributed by atoms with Crippen molar-refractivity contribution in [3.8, 4) is 5.75 Å². The average Bonchev–Trinajstić information content (AvgIpc) is 2.47. The SMILES string of the molecule is CNC(Cc1ccc(Br)cn1)c1ccc(C)cc1OC. The number of nitrogens with one attached hydrogen (secondary N) is 1. The quantitative estimate of drug-likeness (QED) is 0.905. The van der Waals surface area contributed by atoms with Crippen LogP contribution in [0.3, 0.4) is 0 Å². The zero-order valence-electron chi connectivity index (χ0n) is 12.0. The maximum Gasteiger partial charge on any atom is 0.123 e. The second-order valence-corrected chi connectivity index (χ2v) is 5.67. The first-order chi connectivity index (χ1) is 9.63. The van der Waals surface area contributed by atoms with Gasteiger partial charge in [-0.25, -0.2) is 0 Å². The first-order valence-electron chi connectivity index (χ1n) is 6.56. The van der Waals surface area contributed by atoms with Crippen LogP contribution in [0.4, 0.5) is 0 Å². The molecule has 1 atom stereocenters. The van der Waals surface area contributed by atoms with Gasteiger partial charge in [0, 0.05) is 34.4 Å². The number of aryl methyl sites for hydroxylation is 1. The molecule has 0 aliphatic rings. The van der Waals surface area contributed by atoms with E-state index in [4.69, 9.17) is 4.74 Å². The summed E-state index contributed by atoms with van der Waals surface area (Å²) in [7, 11) is 3.67. The summed E-state index contributed by atoms with van der Waals surface area (Å²) in [6.07, 6.45) is 2.65. The zero-order valence-corrected chi connectivity index (χ0v) is 13.6. The highest BCUT2D eigenvalue weighted by Crippen LogP contribution is 2.28. The Balaban J connectivity index is 2.26. The van der Waals surface area contributed by atoms with Gasteiger partial charge >= 0.3 is 0 Å². The number of nitrogens with zero attached hydrogens (tertiary/aromatic N) is 1. The van der Waals surface area contributed by atoms with Gasteiger partial charge in [0.05, 0.1) is 7.11 Å². The largest absolute Gasteiger partial charge is 0.496 e. The third-order valence-electron chi connectivity index (χ3n) is 3.31. The van der Waals surface area contributed by atoms with E-state index in [0.29, 0.717) is 0 Å². The maximum absolute atomic E-state index is 5.50. The molecule has 106 valence electrons. The number of methoxy groups -OCH3 is 1. The van der Waals surface area contributed by atoms with Crippen molar-refractivity contribution >= 4 is 15.9 Å². The Hall–Kier alpha value is -1.39. The van der Waals surface area contributed by atoms with Crippen LogP contribution in [0.1, 0.15) is 22.9 Å². The molecule has 0 radical (unpaired) electrons. The van der Waals surface area contributed by atoms with Crippen LogP contribution < -0.4 is 10.1 Å². The molecule has 0 bridgehead atoms. The molecule has 0 saturated carbocycles. The van der Waals surface area contributed by atoms with Gasteiger partial charge in [0.2, 0.25) is 0 Å². The molecule has 3 nitrogen and oxygen atoms in total. The number of halogens is 1. The van der Waals surface area contributed by atoms with Gasteiger partial charge in [0.15, 0.2) is 0 Å².